The summed E-state index contributed by atoms with van der Waals surface area (Å²) in [4.78, 5) is 13.0. The van der Waals surface area contributed by atoms with Crippen molar-refractivity contribution in [3.05, 3.63) is 92.5 Å². The van der Waals surface area contributed by atoms with Crippen molar-refractivity contribution in [2.24, 2.45) is 7.05 Å². The van der Waals surface area contributed by atoms with Gasteiger partial charge in [-0.1, -0.05) is 12.1 Å². The minimum atomic E-state index is -0.704. The summed E-state index contributed by atoms with van der Waals surface area (Å²) in [6.07, 6.45) is 1.25. The van der Waals surface area contributed by atoms with Gasteiger partial charge in [-0.25, -0.2) is 8.78 Å². The molecule has 2 heterocycles. The van der Waals surface area contributed by atoms with E-state index >= 15 is 0 Å². The molecule has 0 aliphatic carbocycles. The molecule has 31 heavy (non-hydrogen) atoms. The number of aromatic nitrogens is 3. The number of hydrogen-bond donors (Lipinski definition) is 0. The monoisotopic (exact) mass is 418 g/mol. The highest BCUT2D eigenvalue weighted by molar-refractivity contribution is 5.80. The van der Waals surface area contributed by atoms with Gasteiger partial charge in [-0.3, -0.25) is 4.79 Å². The van der Waals surface area contributed by atoms with Gasteiger partial charge in [0.15, 0.2) is 0 Å². The molecule has 156 valence electrons. The Hall–Kier alpha value is -3.79. The summed E-state index contributed by atoms with van der Waals surface area (Å²) in [5.74, 6) is -1.37. The summed E-state index contributed by atoms with van der Waals surface area (Å²) in [5.41, 5.74) is 4.37. The molecule has 5 nitrogen and oxygen atoms in total. The topological polar surface area (TPSA) is 63.1 Å². The average Bonchev–Trinajstić information content (AvgIpc) is 3.10. The van der Waals surface area contributed by atoms with Gasteiger partial charge in [-0.2, -0.15) is 14.9 Å². The van der Waals surface area contributed by atoms with Crippen molar-refractivity contribution in [2.75, 3.05) is 0 Å². The van der Waals surface area contributed by atoms with Crippen molar-refractivity contribution in [1.29, 1.82) is 5.26 Å². The normalized spacial score (nSPS) is 11.1. The zero-order chi connectivity index (χ0) is 22.3. The third kappa shape index (κ3) is 3.50. The van der Waals surface area contributed by atoms with Crippen LogP contribution in [0.3, 0.4) is 0 Å². The standard InChI is InChI=1S/C24H20F2N4O/c1-14-21(11-8-16-4-6-17(13-27)7-5-16)29(3)23-22(15(2)28-30(23)24(14)31)19-10-9-18(25)12-20(19)26/h4-7,9-10,12H,8,11H2,1-3H3. The van der Waals surface area contributed by atoms with Gasteiger partial charge < -0.3 is 4.57 Å². The van der Waals surface area contributed by atoms with E-state index in [0.29, 0.717) is 40.9 Å². The number of hydrogen-bond acceptors (Lipinski definition) is 3. The number of nitrogens with zero attached hydrogens (tertiary/aromatic N) is 4. The van der Waals surface area contributed by atoms with E-state index in [4.69, 9.17) is 5.26 Å². The molecule has 0 saturated heterocycles. The first-order chi connectivity index (χ1) is 14.8. The minimum absolute atomic E-state index is 0.200. The third-order valence-corrected chi connectivity index (χ3v) is 5.64. The summed E-state index contributed by atoms with van der Waals surface area (Å²) in [6.45, 7) is 3.46. The lowest BCUT2D eigenvalue weighted by atomic mass is 10.0. The first-order valence-electron chi connectivity index (χ1n) is 9.84. The van der Waals surface area contributed by atoms with E-state index < -0.39 is 11.6 Å². The second kappa shape index (κ2) is 7.80. The van der Waals surface area contributed by atoms with Crippen LogP contribution in [0.25, 0.3) is 16.8 Å². The summed E-state index contributed by atoms with van der Waals surface area (Å²) in [6, 6.07) is 12.8. The van der Waals surface area contributed by atoms with E-state index in [1.165, 1.54) is 16.6 Å². The Morgan fingerprint density at radius 3 is 2.42 bits per heavy atom. The van der Waals surface area contributed by atoms with Crippen LogP contribution in [-0.2, 0) is 19.9 Å². The van der Waals surface area contributed by atoms with E-state index in [-0.39, 0.29) is 11.1 Å². The Kier molecular flexibility index (Phi) is 5.15. The quantitative estimate of drug-likeness (QED) is 0.498. The maximum Gasteiger partial charge on any atom is 0.277 e. The van der Waals surface area contributed by atoms with Crippen LogP contribution in [0.5, 0.6) is 0 Å². The highest BCUT2D eigenvalue weighted by Gasteiger charge is 2.22. The number of halogens is 2. The highest BCUT2D eigenvalue weighted by atomic mass is 19.1. The first-order valence-corrected chi connectivity index (χ1v) is 9.84. The van der Waals surface area contributed by atoms with Crippen molar-refractivity contribution in [1.82, 2.24) is 14.2 Å². The highest BCUT2D eigenvalue weighted by Crippen LogP contribution is 2.31. The SMILES string of the molecule is Cc1nn2c(=O)c(C)c(CCc3ccc(C#N)cc3)n(C)c2c1-c1ccc(F)cc1F. The van der Waals surface area contributed by atoms with Gasteiger partial charge in [0.05, 0.1) is 22.9 Å². The fourth-order valence-electron chi connectivity index (χ4n) is 4.00. The number of fused-ring (bicyclic) bond motifs is 1. The Morgan fingerprint density at radius 2 is 1.77 bits per heavy atom. The smallest absolute Gasteiger partial charge is 0.277 e. The van der Waals surface area contributed by atoms with Gasteiger partial charge in [0.2, 0.25) is 0 Å². The molecule has 0 unspecified atom stereocenters. The molecule has 0 saturated carbocycles. The zero-order valence-corrected chi connectivity index (χ0v) is 17.4. The Labute approximate surface area is 177 Å². The number of aryl methyl sites for hydroxylation is 3. The lowest BCUT2D eigenvalue weighted by Crippen LogP contribution is -2.24. The molecule has 0 N–H and O–H groups in total. The van der Waals surface area contributed by atoms with Crippen molar-refractivity contribution < 1.29 is 8.78 Å². The first kappa shape index (κ1) is 20.5. The second-order valence-electron chi connectivity index (χ2n) is 7.56. The second-order valence-corrected chi connectivity index (χ2v) is 7.56. The van der Waals surface area contributed by atoms with Crippen molar-refractivity contribution in [2.45, 2.75) is 26.7 Å². The van der Waals surface area contributed by atoms with Crippen LogP contribution in [0.4, 0.5) is 8.78 Å². The van der Waals surface area contributed by atoms with Crippen LogP contribution in [0.15, 0.2) is 47.3 Å². The van der Waals surface area contributed by atoms with E-state index in [9.17, 15) is 13.6 Å². The van der Waals surface area contributed by atoms with Crippen LogP contribution in [0.1, 0.15) is 28.1 Å². The van der Waals surface area contributed by atoms with Gasteiger partial charge in [0.1, 0.15) is 17.3 Å². The molecular formula is C24H20F2N4O. The predicted molar refractivity (Wildman–Crippen MR) is 114 cm³/mol. The van der Waals surface area contributed by atoms with E-state index in [2.05, 4.69) is 11.2 Å². The van der Waals surface area contributed by atoms with Crippen molar-refractivity contribution in [3.8, 4) is 17.2 Å². The van der Waals surface area contributed by atoms with Crippen LogP contribution in [-0.4, -0.2) is 14.2 Å². The molecule has 2 aromatic carbocycles. The molecule has 0 fully saturated rings. The van der Waals surface area contributed by atoms with Crippen LogP contribution >= 0.6 is 0 Å². The fourth-order valence-corrected chi connectivity index (χ4v) is 4.00. The number of nitriles is 1. The number of rotatable bonds is 4. The molecule has 0 radical (unpaired) electrons. The molecule has 0 bridgehead atoms. The lowest BCUT2D eigenvalue weighted by Gasteiger charge is -2.15. The Balaban J connectivity index is 1.85. The largest absolute Gasteiger partial charge is 0.332 e. The van der Waals surface area contributed by atoms with Gasteiger partial charge >= 0.3 is 0 Å². The Morgan fingerprint density at radius 1 is 1.06 bits per heavy atom. The molecule has 0 spiro atoms. The molecule has 4 aromatic rings. The third-order valence-electron chi connectivity index (χ3n) is 5.64. The van der Waals surface area contributed by atoms with Crippen molar-refractivity contribution >= 4 is 5.65 Å². The fraction of sp³-hybridized carbons (Fsp3) is 0.208. The van der Waals surface area contributed by atoms with Crippen LogP contribution in [0.2, 0.25) is 0 Å². The van der Waals surface area contributed by atoms with E-state index in [1.54, 1.807) is 26.0 Å². The molecule has 0 aliphatic rings. The average molecular weight is 418 g/mol. The predicted octanol–water partition coefficient (Wildman–Crippen LogP) is 4.25. The van der Waals surface area contributed by atoms with Gasteiger partial charge in [0, 0.05) is 29.9 Å². The lowest BCUT2D eigenvalue weighted by molar-refractivity contribution is 0.585. The van der Waals surface area contributed by atoms with E-state index in [1.807, 2.05) is 23.7 Å². The van der Waals surface area contributed by atoms with Crippen molar-refractivity contribution in [3.63, 3.8) is 0 Å². The van der Waals surface area contributed by atoms with Crippen LogP contribution in [0, 0.1) is 36.8 Å². The van der Waals surface area contributed by atoms with E-state index in [0.717, 1.165) is 17.3 Å². The molecule has 2 aromatic heterocycles. The van der Waals surface area contributed by atoms with Crippen LogP contribution < -0.4 is 5.56 Å². The maximum absolute atomic E-state index is 14.6. The Bertz CT molecular complexity index is 1410. The van der Waals surface area contributed by atoms with Gasteiger partial charge in [0.25, 0.3) is 5.56 Å². The number of benzene rings is 2. The maximum atomic E-state index is 14.6. The molecular weight excluding hydrogens is 398 g/mol. The van der Waals surface area contributed by atoms with Gasteiger partial charge in [-0.15, -0.1) is 0 Å². The molecule has 0 aliphatic heterocycles. The molecule has 7 heteroatoms. The molecule has 0 amide bonds. The van der Waals surface area contributed by atoms with Gasteiger partial charge in [-0.05, 0) is 56.5 Å². The minimum Gasteiger partial charge on any atom is -0.332 e. The zero-order valence-electron chi connectivity index (χ0n) is 17.4. The summed E-state index contributed by atoms with van der Waals surface area (Å²) in [7, 11) is 1.82. The molecule has 0 atom stereocenters. The summed E-state index contributed by atoms with van der Waals surface area (Å²) >= 11 is 0. The molecule has 4 rings (SSSR count). The summed E-state index contributed by atoms with van der Waals surface area (Å²) < 4.78 is 31.2. The summed E-state index contributed by atoms with van der Waals surface area (Å²) in [5, 5.41) is 13.3.